The third-order valence-corrected chi connectivity index (χ3v) is 3.82. The van der Waals surface area contributed by atoms with Gasteiger partial charge in [0.2, 0.25) is 0 Å². The number of halogens is 3. The summed E-state index contributed by atoms with van der Waals surface area (Å²) in [6, 6.07) is 5.08. The highest BCUT2D eigenvalue weighted by Gasteiger charge is 2.30. The summed E-state index contributed by atoms with van der Waals surface area (Å²) in [6.07, 6.45) is -0.201. The summed E-state index contributed by atoms with van der Waals surface area (Å²) < 4.78 is 39.8. The van der Waals surface area contributed by atoms with E-state index in [1.807, 2.05) is 0 Å². The molecule has 0 aliphatic rings. The van der Waals surface area contributed by atoms with E-state index in [1.165, 1.54) is 23.0 Å². The molecule has 0 aliphatic carbocycles. The van der Waals surface area contributed by atoms with Crippen molar-refractivity contribution in [2.24, 2.45) is 0 Å². The number of aromatic nitrogens is 3. The molecule has 1 unspecified atom stereocenters. The molecule has 2 heterocycles. The van der Waals surface area contributed by atoms with Gasteiger partial charge in [-0.2, -0.15) is 18.3 Å². The fraction of sp³-hybridized carbons (Fsp3) is 0.188. The Hall–Kier alpha value is -2.90. The van der Waals surface area contributed by atoms with Gasteiger partial charge >= 0.3 is 12.1 Å². The highest BCUT2D eigenvalue weighted by molar-refractivity contribution is 5.94. The summed E-state index contributed by atoms with van der Waals surface area (Å²) in [5.41, 5.74) is 0.544. The zero-order valence-corrected chi connectivity index (χ0v) is 12.4. The van der Waals surface area contributed by atoms with E-state index in [-0.39, 0.29) is 17.1 Å². The maximum Gasteiger partial charge on any atom is 0.416 e. The van der Waals surface area contributed by atoms with Gasteiger partial charge in [-0.3, -0.25) is 0 Å². The van der Waals surface area contributed by atoms with Crippen LogP contribution in [-0.2, 0) is 6.18 Å². The minimum Gasteiger partial charge on any atom is -0.477 e. The molecule has 3 aromatic rings. The summed E-state index contributed by atoms with van der Waals surface area (Å²) in [5, 5.41) is 13.0. The molecule has 1 aromatic carbocycles. The standard InChI is InChI=1S/C16H12F3N3O2/c1-9(10-3-2-4-12(5-10)16(17,18)19)11-6-20-14-13(15(23)24)7-21-22(14)8-11/h2-9H,1H3,(H,23,24). The van der Waals surface area contributed by atoms with Gasteiger partial charge in [-0.15, -0.1) is 0 Å². The third kappa shape index (κ3) is 2.82. The zero-order valence-electron chi connectivity index (χ0n) is 12.4. The van der Waals surface area contributed by atoms with Crippen molar-refractivity contribution in [3.63, 3.8) is 0 Å². The number of alkyl halides is 3. The summed E-state index contributed by atoms with van der Waals surface area (Å²) >= 11 is 0. The second-order valence-corrected chi connectivity index (χ2v) is 5.36. The molecule has 124 valence electrons. The number of nitrogens with zero attached hydrogens (tertiary/aromatic N) is 3. The van der Waals surface area contributed by atoms with Crippen LogP contribution in [0.2, 0.25) is 0 Å². The number of benzene rings is 1. The Morgan fingerprint density at radius 2 is 2.00 bits per heavy atom. The van der Waals surface area contributed by atoms with Crippen molar-refractivity contribution in [1.29, 1.82) is 0 Å². The van der Waals surface area contributed by atoms with Crippen molar-refractivity contribution in [1.82, 2.24) is 14.6 Å². The molecular formula is C16H12F3N3O2. The topological polar surface area (TPSA) is 67.5 Å². The number of carboxylic acids is 1. The number of hydrogen-bond donors (Lipinski definition) is 1. The van der Waals surface area contributed by atoms with Gasteiger partial charge < -0.3 is 5.11 Å². The van der Waals surface area contributed by atoms with E-state index in [4.69, 9.17) is 5.11 Å². The molecule has 0 saturated heterocycles. The van der Waals surface area contributed by atoms with Gasteiger partial charge in [0, 0.05) is 18.3 Å². The smallest absolute Gasteiger partial charge is 0.416 e. The molecule has 2 aromatic heterocycles. The van der Waals surface area contributed by atoms with Gasteiger partial charge in [-0.05, 0) is 17.2 Å². The normalized spacial score (nSPS) is 13.2. The van der Waals surface area contributed by atoms with E-state index in [9.17, 15) is 18.0 Å². The van der Waals surface area contributed by atoms with E-state index in [0.717, 1.165) is 12.1 Å². The van der Waals surface area contributed by atoms with Gasteiger partial charge in [-0.1, -0.05) is 25.1 Å². The molecular weight excluding hydrogens is 323 g/mol. The lowest BCUT2D eigenvalue weighted by atomic mass is 9.94. The molecule has 8 heteroatoms. The Labute approximate surface area is 134 Å². The van der Waals surface area contributed by atoms with Crippen molar-refractivity contribution in [2.75, 3.05) is 0 Å². The van der Waals surface area contributed by atoms with Crippen LogP contribution in [0.1, 0.15) is 39.9 Å². The number of carbonyl (C=O) groups is 1. The van der Waals surface area contributed by atoms with Crippen LogP contribution in [0.5, 0.6) is 0 Å². The predicted molar refractivity (Wildman–Crippen MR) is 78.9 cm³/mol. The van der Waals surface area contributed by atoms with Crippen molar-refractivity contribution in [2.45, 2.75) is 19.0 Å². The number of fused-ring (bicyclic) bond motifs is 1. The molecule has 0 amide bonds. The molecule has 0 spiro atoms. The van der Waals surface area contributed by atoms with Crippen LogP contribution in [0, 0.1) is 0 Å². The van der Waals surface area contributed by atoms with E-state index in [1.54, 1.807) is 19.2 Å². The van der Waals surface area contributed by atoms with Gasteiger partial charge in [0.25, 0.3) is 0 Å². The Morgan fingerprint density at radius 3 is 2.67 bits per heavy atom. The van der Waals surface area contributed by atoms with Gasteiger partial charge in [0.1, 0.15) is 5.56 Å². The van der Waals surface area contributed by atoms with Crippen molar-refractivity contribution < 1.29 is 23.1 Å². The van der Waals surface area contributed by atoms with E-state index < -0.39 is 17.7 Å². The SMILES string of the molecule is CC(c1cccc(C(F)(F)F)c1)c1cnc2c(C(=O)O)cnn2c1. The Kier molecular flexibility index (Phi) is 3.75. The maximum atomic E-state index is 12.8. The number of aromatic carboxylic acids is 1. The number of carboxylic acid groups (broad SMARTS) is 1. The Bertz CT molecular complexity index is 918. The lowest BCUT2D eigenvalue weighted by Crippen LogP contribution is -2.07. The first-order valence-corrected chi connectivity index (χ1v) is 7.01. The van der Waals surface area contributed by atoms with E-state index in [2.05, 4.69) is 10.1 Å². The quantitative estimate of drug-likeness (QED) is 0.794. The first-order valence-electron chi connectivity index (χ1n) is 7.01. The molecule has 0 aliphatic heterocycles. The average Bonchev–Trinajstić information content (AvgIpc) is 2.96. The van der Waals surface area contributed by atoms with Gasteiger partial charge in [-0.25, -0.2) is 14.3 Å². The van der Waals surface area contributed by atoms with Crippen LogP contribution in [0.4, 0.5) is 13.2 Å². The van der Waals surface area contributed by atoms with Crippen LogP contribution in [0.3, 0.4) is 0 Å². The maximum absolute atomic E-state index is 12.8. The van der Waals surface area contributed by atoms with Crippen LogP contribution < -0.4 is 0 Å². The first kappa shape index (κ1) is 16.0. The number of rotatable bonds is 3. The molecule has 0 bridgehead atoms. The molecule has 1 N–H and O–H groups in total. The summed E-state index contributed by atoms with van der Waals surface area (Å²) in [4.78, 5) is 15.1. The van der Waals surface area contributed by atoms with Crippen molar-refractivity contribution >= 4 is 11.6 Å². The summed E-state index contributed by atoms with van der Waals surface area (Å²) in [5.74, 6) is -1.50. The molecule has 5 nitrogen and oxygen atoms in total. The highest BCUT2D eigenvalue weighted by atomic mass is 19.4. The summed E-state index contributed by atoms with van der Waals surface area (Å²) in [7, 11) is 0. The zero-order chi connectivity index (χ0) is 17.5. The second-order valence-electron chi connectivity index (χ2n) is 5.36. The average molecular weight is 335 g/mol. The number of hydrogen-bond acceptors (Lipinski definition) is 3. The van der Waals surface area contributed by atoms with Crippen molar-refractivity contribution in [3.05, 3.63) is 65.1 Å². The fourth-order valence-corrected chi connectivity index (χ4v) is 2.44. The van der Waals surface area contributed by atoms with Crippen LogP contribution in [0.15, 0.2) is 42.9 Å². The third-order valence-electron chi connectivity index (χ3n) is 3.82. The lowest BCUT2D eigenvalue weighted by molar-refractivity contribution is -0.137. The predicted octanol–water partition coefficient (Wildman–Crippen LogP) is 3.60. The minimum absolute atomic E-state index is 0.0340. The molecule has 24 heavy (non-hydrogen) atoms. The monoisotopic (exact) mass is 335 g/mol. The van der Waals surface area contributed by atoms with Crippen LogP contribution in [0.25, 0.3) is 5.65 Å². The van der Waals surface area contributed by atoms with Crippen LogP contribution in [-0.4, -0.2) is 25.7 Å². The van der Waals surface area contributed by atoms with Crippen LogP contribution >= 0.6 is 0 Å². The molecule has 0 radical (unpaired) electrons. The Balaban J connectivity index is 2.00. The molecule has 3 rings (SSSR count). The Morgan fingerprint density at radius 1 is 1.25 bits per heavy atom. The largest absolute Gasteiger partial charge is 0.477 e. The lowest BCUT2D eigenvalue weighted by Gasteiger charge is -2.14. The van der Waals surface area contributed by atoms with Gasteiger partial charge in [0.15, 0.2) is 5.65 Å². The van der Waals surface area contributed by atoms with E-state index >= 15 is 0 Å². The first-order chi connectivity index (χ1) is 11.3. The minimum atomic E-state index is -4.41. The van der Waals surface area contributed by atoms with E-state index in [0.29, 0.717) is 11.1 Å². The van der Waals surface area contributed by atoms with Gasteiger partial charge in [0.05, 0.1) is 11.8 Å². The second kappa shape index (κ2) is 5.63. The highest BCUT2D eigenvalue weighted by Crippen LogP contribution is 2.32. The fourth-order valence-electron chi connectivity index (χ4n) is 2.44. The molecule has 0 fully saturated rings. The molecule has 1 atom stereocenters. The molecule has 0 saturated carbocycles. The van der Waals surface area contributed by atoms with Crippen molar-refractivity contribution in [3.8, 4) is 0 Å². The summed E-state index contributed by atoms with van der Waals surface area (Å²) in [6.45, 7) is 1.75.